The first kappa shape index (κ1) is 15.2. The van der Waals surface area contributed by atoms with Crippen LogP contribution >= 0.6 is 0 Å². The Morgan fingerprint density at radius 1 is 1.52 bits per heavy atom. The van der Waals surface area contributed by atoms with Crippen molar-refractivity contribution in [2.75, 3.05) is 19.7 Å². The molecule has 0 bridgehead atoms. The van der Waals surface area contributed by atoms with Crippen LogP contribution in [-0.4, -0.2) is 36.3 Å². The van der Waals surface area contributed by atoms with Crippen LogP contribution in [-0.2, 0) is 20.9 Å². The van der Waals surface area contributed by atoms with Gasteiger partial charge in [0.2, 0.25) is 0 Å². The van der Waals surface area contributed by atoms with Gasteiger partial charge in [0.1, 0.15) is 11.7 Å². The minimum absolute atomic E-state index is 0.0459. The monoisotopic (exact) mass is 286 g/mol. The van der Waals surface area contributed by atoms with E-state index in [0.29, 0.717) is 31.6 Å². The standard InChI is InChI=1S/C16H18N2O3/c1-2-21-16(20)14-11-18(7-6-15(14)19)10-13-5-3-4-12(8-13)9-17/h3-5,8,14H,2,6-7,10-11H2,1H3. The topological polar surface area (TPSA) is 70.4 Å². The van der Waals surface area contributed by atoms with E-state index in [4.69, 9.17) is 10.00 Å². The van der Waals surface area contributed by atoms with Gasteiger partial charge >= 0.3 is 5.97 Å². The molecule has 1 unspecified atom stereocenters. The molecule has 1 heterocycles. The lowest BCUT2D eigenvalue weighted by molar-refractivity contribution is -0.154. The van der Waals surface area contributed by atoms with Gasteiger partial charge in [-0.25, -0.2) is 0 Å². The molecule has 0 saturated carbocycles. The quantitative estimate of drug-likeness (QED) is 0.620. The highest BCUT2D eigenvalue weighted by molar-refractivity contribution is 5.99. The second-order valence-electron chi connectivity index (χ2n) is 5.07. The molecule has 1 aliphatic rings. The highest BCUT2D eigenvalue weighted by atomic mass is 16.5. The number of ether oxygens (including phenoxy) is 1. The Morgan fingerprint density at radius 2 is 2.33 bits per heavy atom. The Balaban J connectivity index is 2.02. The third kappa shape index (κ3) is 3.89. The minimum Gasteiger partial charge on any atom is -0.465 e. The number of hydrogen-bond acceptors (Lipinski definition) is 5. The van der Waals surface area contributed by atoms with Crippen molar-refractivity contribution in [2.24, 2.45) is 5.92 Å². The molecule has 0 amide bonds. The van der Waals surface area contributed by atoms with Crippen molar-refractivity contribution in [3.63, 3.8) is 0 Å². The van der Waals surface area contributed by atoms with Crippen molar-refractivity contribution < 1.29 is 14.3 Å². The third-order valence-electron chi connectivity index (χ3n) is 3.54. The Bertz CT molecular complexity index is 577. The maximum Gasteiger partial charge on any atom is 0.317 e. The minimum atomic E-state index is -0.683. The number of piperidine rings is 1. The smallest absolute Gasteiger partial charge is 0.317 e. The van der Waals surface area contributed by atoms with E-state index in [0.717, 1.165) is 5.56 Å². The number of rotatable bonds is 4. The Hall–Kier alpha value is -2.19. The van der Waals surface area contributed by atoms with E-state index in [-0.39, 0.29) is 12.4 Å². The average molecular weight is 286 g/mol. The van der Waals surface area contributed by atoms with E-state index in [2.05, 4.69) is 11.0 Å². The summed E-state index contributed by atoms with van der Waals surface area (Å²) in [5.41, 5.74) is 1.62. The van der Waals surface area contributed by atoms with E-state index in [9.17, 15) is 9.59 Å². The fraction of sp³-hybridized carbons (Fsp3) is 0.438. The number of esters is 1. The van der Waals surface area contributed by atoms with Crippen LogP contribution in [0.3, 0.4) is 0 Å². The van der Waals surface area contributed by atoms with Crippen LogP contribution in [0.15, 0.2) is 24.3 Å². The summed E-state index contributed by atoms with van der Waals surface area (Å²) in [6.45, 7) is 3.65. The summed E-state index contributed by atoms with van der Waals surface area (Å²) >= 11 is 0. The lowest BCUT2D eigenvalue weighted by atomic mass is 9.96. The van der Waals surface area contributed by atoms with Crippen molar-refractivity contribution in [3.8, 4) is 6.07 Å². The molecule has 2 rings (SSSR count). The van der Waals surface area contributed by atoms with Crippen LogP contribution in [0.4, 0.5) is 0 Å². The number of benzene rings is 1. The molecule has 1 aromatic carbocycles. The first-order valence-electron chi connectivity index (χ1n) is 7.04. The van der Waals surface area contributed by atoms with E-state index < -0.39 is 11.9 Å². The van der Waals surface area contributed by atoms with Gasteiger partial charge in [-0.15, -0.1) is 0 Å². The molecule has 1 aliphatic heterocycles. The van der Waals surface area contributed by atoms with E-state index >= 15 is 0 Å². The van der Waals surface area contributed by atoms with Gasteiger partial charge in [-0.3, -0.25) is 14.5 Å². The van der Waals surface area contributed by atoms with Gasteiger partial charge in [0.05, 0.1) is 18.2 Å². The van der Waals surface area contributed by atoms with Gasteiger partial charge in [0, 0.05) is 26.1 Å². The number of hydrogen-bond donors (Lipinski definition) is 0. The number of nitriles is 1. The molecule has 21 heavy (non-hydrogen) atoms. The van der Waals surface area contributed by atoms with Crippen LogP contribution in [0.1, 0.15) is 24.5 Å². The first-order valence-corrected chi connectivity index (χ1v) is 7.04. The summed E-state index contributed by atoms with van der Waals surface area (Å²) in [6, 6.07) is 9.47. The number of Topliss-reactive ketones (excluding diaryl/α,β-unsaturated/α-hetero) is 1. The van der Waals surface area contributed by atoms with Crippen molar-refractivity contribution in [3.05, 3.63) is 35.4 Å². The third-order valence-corrected chi connectivity index (χ3v) is 3.54. The zero-order valence-electron chi connectivity index (χ0n) is 12.0. The number of carbonyl (C=O) groups excluding carboxylic acids is 2. The van der Waals surface area contributed by atoms with Crippen molar-refractivity contribution in [1.29, 1.82) is 5.26 Å². The number of ketones is 1. The van der Waals surface area contributed by atoms with Gasteiger partial charge in [-0.2, -0.15) is 5.26 Å². The van der Waals surface area contributed by atoms with Crippen LogP contribution < -0.4 is 0 Å². The molecule has 110 valence electrons. The lowest BCUT2D eigenvalue weighted by Gasteiger charge is -2.30. The Morgan fingerprint density at radius 3 is 3.05 bits per heavy atom. The zero-order valence-corrected chi connectivity index (χ0v) is 12.0. The van der Waals surface area contributed by atoms with Gasteiger partial charge in [-0.1, -0.05) is 12.1 Å². The molecular formula is C16H18N2O3. The summed E-state index contributed by atoms with van der Waals surface area (Å²) < 4.78 is 4.96. The van der Waals surface area contributed by atoms with Gasteiger partial charge < -0.3 is 4.74 Å². The normalized spacial score (nSPS) is 19.0. The summed E-state index contributed by atoms with van der Waals surface area (Å²) in [5, 5.41) is 8.91. The molecule has 0 aromatic heterocycles. The van der Waals surface area contributed by atoms with Crippen LogP contribution in [0.25, 0.3) is 0 Å². The maximum absolute atomic E-state index is 11.8. The molecule has 0 radical (unpaired) electrons. The summed E-state index contributed by atoms with van der Waals surface area (Å²) in [7, 11) is 0. The summed E-state index contributed by atoms with van der Waals surface area (Å²) in [5.74, 6) is -1.16. The van der Waals surface area contributed by atoms with Crippen LogP contribution in [0.2, 0.25) is 0 Å². The predicted octanol–water partition coefficient (Wildman–Crippen LogP) is 1.51. The zero-order chi connectivity index (χ0) is 15.2. The van der Waals surface area contributed by atoms with Gasteiger partial charge in [-0.05, 0) is 24.6 Å². The highest BCUT2D eigenvalue weighted by Crippen LogP contribution is 2.17. The first-order chi connectivity index (χ1) is 10.1. The van der Waals surface area contributed by atoms with Gasteiger partial charge in [0.25, 0.3) is 0 Å². The van der Waals surface area contributed by atoms with Crippen molar-refractivity contribution >= 4 is 11.8 Å². The average Bonchev–Trinajstić information content (AvgIpc) is 2.49. The summed E-state index contributed by atoms with van der Waals surface area (Å²) in [4.78, 5) is 25.7. The summed E-state index contributed by atoms with van der Waals surface area (Å²) in [6.07, 6.45) is 0.363. The molecule has 0 N–H and O–H groups in total. The molecule has 0 spiro atoms. The van der Waals surface area contributed by atoms with Crippen LogP contribution in [0.5, 0.6) is 0 Å². The van der Waals surface area contributed by atoms with Crippen molar-refractivity contribution in [2.45, 2.75) is 19.9 Å². The molecular weight excluding hydrogens is 268 g/mol. The van der Waals surface area contributed by atoms with Crippen molar-refractivity contribution in [1.82, 2.24) is 4.90 Å². The van der Waals surface area contributed by atoms with E-state index in [1.165, 1.54) is 0 Å². The molecule has 1 aromatic rings. The molecule has 0 aliphatic carbocycles. The fourth-order valence-corrected chi connectivity index (χ4v) is 2.48. The number of nitrogens with zero attached hydrogens (tertiary/aromatic N) is 2. The molecule has 1 atom stereocenters. The second kappa shape index (κ2) is 7.00. The largest absolute Gasteiger partial charge is 0.465 e. The lowest BCUT2D eigenvalue weighted by Crippen LogP contribution is -2.44. The molecule has 1 fully saturated rings. The SMILES string of the molecule is CCOC(=O)C1CN(Cc2cccc(C#N)c2)CCC1=O. The molecule has 1 saturated heterocycles. The predicted molar refractivity (Wildman–Crippen MR) is 76.2 cm³/mol. The molecule has 5 nitrogen and oxygen atoms in total. The maximum atomic E-state index is 11.8. The Labute approximate surface area is 124 Å². The van der Waals surface area contributed by atoms with E-state index in [1.807, 2.05) is 18.2 Å². The number of carbonyl (C=O) groups is 2. The second-order valence-corrected chi connectivity index (χ2v) is 5.07. The van der Waals surface area contributed by atoms with Crippen LogP contribution in [0, 0.1) is 17.2 Å². The Kier molecular flexibility index (Phi) is 5.07. The fourth-order valence-electron chi connectivity index (χ4n) is 2.48. The number of likely N-dealkylation sites (tertiary alicyclic amines) is 1. The molecule has 5 heteroatoms. The highest BCUT2D eigenvalue weighted by Gasteiger charge is 2.33. The van der Waals surface area contributed by atoms with Gasteiger partial charge in [0.15, 0.2) is 0 Å². The van der Waals surface area contributed by atoms with E-state index in [1.54, 1.807) is 13.0 Å².